The molecular formula is C22H22ClNO5. The summed E-state index contributed by atoms with van der Waals surface area (Å²) >= 11 is 5.97. The molecule has 1 heterocycles. The average molecular weight is 416 g/mol. The zero-order chi connectivity index (χ0) is 20.6. The van der Waals surface area contributed by atoms with Crippen LogP contribution in [0.5, 0.6) is 17.2 Å². The van der Waals surface area contributed by atoms with Gasteiger partial charge in [0, 0.05) is 6.07 Å². The molecule has 0 aliphatic rings. The zero-order valence-corrected chi connectivity index (χ0v) is 17.0. The van der Waals surface area contributed by atoms with E-state index in [-0.39, 0.29) is 23.7 Å². The van der Waals surface area contributed by atoms with Crippen LogP contribution in [0.2, 0.25) is 0 Å². The molecule has 0 N–H and O–H groups in total. The van der Waals surface area contributed by atoms with E-state index in [1.54, 1.807) is 14.2 Å². The number of halogens is 1. The van der Waals surface area contributed by atoms with E-state index in [1.807, 2.05) is 48.5 Å². The summed E-state index contributed by atoms with van der Waals surface area (Å²) in [4.78, 5) is 18.2. The van der Waals surface area contributed by atoms with Crippen molar-refractivity contribution < 1.29 is 19.0 Å². The molecule has 0 bridgehead atoms. The first-order valence-electron chi connectivity index (χ1n) is 8.96. The molecule has 3 aromatic rings. The topological polar surface area (TPSA) is 58.9 Å². The minimum Gasteiger partial charge on any atom is -0.497 e. The molecule has 0 amide bonds. The Morgan fingerprint density at radius 1 is 0.862 bits per heavy atom. The number of ether oxygens (including phenoxy) is 3. The quantitative estimate of drug-likeness (QED) is 0.497. The molecule has 0 radical (unpaired) electrons. The van der Waals surface area contributed by atoms with Gasteiger partial charge in [0.25, 0.3) is 0 Å². The molecule has 1 aromatic heterocycles. The molecule has 29 heavy (non-hydrogen) atoms. The fourth-order valence-corrected chi connectivity index (χ4v) is 2.81. The highest BCUT2D eigenvalue weighted by Gasteiger charge is 2.09. The van der Waals surface area contributed by atoms with Crippen LogP contribution < -0.4 is 24.5 Å². The minimum absolute atomic E-state index is 0.136. The Morgan fingerprint density at radius 3 is 1.93 bits per heavy atom. The average Bonchev–Trinajstić information content (AvgIpc) is 2.77. The predicted molar refractivity (Wildman–Crippen MR) is 111 cm³/mol. The summed E-state index contributed by atoms with van der Waals surface area (Å²) in [5.41, 5.74) is 2.16. The molecule has 0 atom stereocenters. The number of nitrogens with zero attached hydrogens (tertiary/aromatic N) is 1. The van der Waals surface area contributed by atoms with E-state index in [9.17, 15) is 4.79 Å². The SMILES string of the molecule is COc1ccc(COc2cn(OCc3ccc(OC)cc3)c(CCl)cc2=O)cc1. The predicted octanol–water partition coefficient (Wildman–Crippen LogP) is 3.81. The first-order valence-corrected chi connectivity index (χ1v) is 9.50. The molecule has 0 fully saturated rings. The molecule has 152 valence electrons. The fraction of sp³-hybridized carbons (Fsp3) is 0.227. The van der Waals surface area contributed by atoms with Crippen molar-refractivity contribution in [2.75, 3.05) is 14.2 Å². The van der Waals surface area contributed by atoms with Crippen LogP contribution in [0, 0.1) is 0 Å². The van der Waals surface area contributed by atoms with Gasteiger partial charge in [-0.1, -0.05) is 24.3 Å². The lowest BCUT2D eigenvalue weighted by atomic mass is 10.2. The number of benzene rings is 2. The first-order chi connectivity index (χ1) is 14.1. The van der Waals surface area contributed by atoms with E-state index >= 15 is 0 Å². The van der Waals surface area contributed by atoms with E-state index in [2.05, 4.69) is 0 Å². The lowest BCUT2D eigenvalue weighted by molar-refractivity contribution is 0.0881. The Bertz CT molecular complexity index is 984. The van der Waals surface area contributed by atoms with Gasteiger partial charge in [0.2, 0.25) is 5.43 Å². The van der Waals surface area contributed by atoms with E-state index in [4.69, 9.17) is 30.6 Å². The molecule has 0 saturated heterocycles. The van der Waals surface area contributed by atoms with E-state index in [1.165, 1.54) is 17.0 Å². The number of hydrogen-bond donors (Lipinski definition) is 0. The van der Waals surface area contributed by atoms with Crippen molar-refractivity contribution in [3.63, 3.8) is 0 Å². The summed E-state index contributed by atoms with van der Waals surface area (Å²) in [6.07, 6.45) is 1.52. The Hall–Kier alpha value is -3.12. The Balaban J connectivity index is 1.71. The van der Waals surface area contributed by atoms with Crippen LogP contribution in [0.3, 0.4) is 0 Å². The van der Waals surface area contributed by atoms with Crippen molar-refractivity contribution in [3.8, 4) is 17.2 Å². The fourth-order valence-electron chi connectivity index (χ4n) is 2.61. The summed E-state index contributed by atoms with van der Waals surface area (Å²) in [7, 11) is 3.23. The Morgan fingerprint density at radius 2 is 1.41 bits per heavy atom. The number of methoxy groups -OCH3 is 2. The smallest absolute Gasteiger partial charge is 0.223 e. The van der Waals surface area contributed by atoms with Gasteiger partial charge in [0.1, 0.15) is 24.7 Å². The second-order valence-electron chi connectivity index (χ2n) is 6.21. The number of hydrogen-bond acceptors (Lipinski definition) is 5. The van der Waals surface area contributed by atoms with Crippen molar-refractivity contribution in [1.29, 1.82) is 0 Å². The second kappa shape index (κ2) is 9.89. The van der Waals surface area contributed by atoms with Gasteiger partial charge in [-0.15, -0.1) is 11.6 Å². The lowest BCUT2D eigenvalue weighted by Gasteiger charge is -2.15. The highest BCUT2D eigenvalue weighted by molar-refractivity contribution is 6.16. The van der Waals surface area contributed by atoms with Gasteiger partial charge in [0.15, 0.2) is 5.75 Å². The maximum absolute atomic E-state index is 12.3. The molecule has 2 aromatic carbocycles. The first kappa shape index (κ1) is 20.6. The molecule has 3 rings (SSSR count). The van der Waals surface area contributed by atoms with Crippen LogP contribution in [0.15, 0.2) is 65.6 Å². The van der Waals surface area contributed by atoms with Crippen LogP contribution >= 0.6 is 11.6 Å². The standard InChI is InChI=1S/C22H22ClNO5/c1-26-19-7-3-16(4-8-19)14-28-22-13-24(18(12-23)11-21(22)25)29-15-17-5-9-20(27-2)10-6-17/h3-11,13H,12,14-15H2,1-2H3. The highest BCUT2D eigenvalue weighted by atomic mass is 35.5. The Kier molecular flexibility index (Phi) is 7.03. The second-order valence-corrected chi connectivity index (χ2v) is 6.48. The lowest BCUT2D eigenvalue weighted by Crippen LogP contribution is -2.20. The third-order valence-electron chi connectivity index (χ3n) is 4.28. The van der Waals surface area contributed by atoms with Crippen molar-refractivity contribution >= 4 is 11.6 Å². The van der Waals surface area contributed by atoms with Crippen LogP contribution in [0.1, 0.15) is 16.8 Å². The summed E-state index contributed by atoms with van der Waals surface area (Å²) < 4.78 is 17.5. The Labute approximate surface area is 174 Å². The molecule has 0 spiro atoms. The van der Waals surface area contributed by atoms with Crippen molar-refractivity contribution in [1.82, 2.24) is 4.73 Å². The van der Waals surface area contributed by atoms with E-state index < -0.39 is 0 Å². The third-order valence-corrected chi connectivity index (χ3v) is 4.55. The minimum atomic E-state index is -0.251. The normalized spacial score (nSPS) is 10.4. The van der Waals surface area contributed by atoms with Crippen LogP contribution in [-0.4, -0.2) is 19.0 Å². The van der Waals surface area contributed by atoms with Crippen molar-refractivity contribution in [2.24, 2.45) is 0 Å². The molecule has 0 saturated carbocycles. The van der Waals surface area contributed by atoms with Crippen molar-refractivity contribution in [2.45, 2.75) is 19.1 Å². The molecule has 0 aliphatic heterocycles. The van der Waals surface area contributed by atoms with Crippen molar-refractivity contribution in [3.05, 3.63) is 87.8 Å². The van der Waals surface area contributed by atoms with Crippen LogP contribution in [-0.2, 0) is 19.1 Å². The molecule has 0 unspecified atom stereocenters. The largest absolute Gasteiger partial charge is 0.497 e. The van der Waals surface area contributed by atoms with Gasteiger partial charge in [-0.25, -0.2) is 0 Å². The maximum atomic E-state index is 12.3. The number of pyridine rings is 1. The van der Waals surface area contributed by atoms with Gasteiger partial charge in [0.05, 0.1) is 32.0 Å². The van der Waals surface area contributed by atoms with Gasteiger partial charge < -0.3 is 19.0 Å². The van der Waals surface area contributed by atoms with Gasteiger partial charge in [-0.2, -0.15) is 4.73 Å². The summed E-state index contributed by atoms with van der Waals surface area (Å²) in [5.74, 6) is 1.85. The number of rotatable bonds is 9. The third kappa shape index (κ3) is 5.45. The van der Waals surface area contributed by atoms with Gasteiger partial charge in [-0.05, 0) is 35.4 Å². The van der Waals surface area contributed by atoms with E-state index in [0.29, 0.717) is 12.3 Å². The van der Waals surface area contributed by atoms with E-state index in [0.717, 1.165) is 22.6 Å². The van der Waals surface area contributed by atoms with Gasteiger partial charge in [-0.3, -0.25) is 4.79 Å². The molecular weight excluding hydrogens is 394 g/mol. The zero-order valence-electron chi connectivity index (χ0n) is 16.3. The van der Waals surface area contributed by atoms with Gasteiger partial charge >= 0.3 is 0 Å². The van der Waals surface area contributed by atoms with Crippen LogP contribution in [0.25, 0.3) is 0 Å². The highest BCUT2D eigenvalue weighted by Crippen LogP contribution is 2.15. The summed E-state index contributed by atoms with van der Waals surface area (Å²) in [5, 5.41) is 0. The maximum Gasteiger partial charge on any atom is 0.223 e. The summed E-state index contributed by atoms with van der Waals surface area (Å²) in [6, 6.07) is 16.4. The molecule has 0 aliphatic carbocycles. The monoisotopic (exact) mass is 415 g/mol. The van der Waals surface area contributed by atoms with Crippen LogP contribution in [0.4, 0.5) is 0 Å². The molecule has 6 nitrogen and oxygen atoms in total. The number of alkyl halides is 1. The molecule has 7 heteroatoms. The summed E-state index contributed by atoms with van der Waals surface area (Å²) in [6.45, 7) is 0.548. The number of aromatic nitrogens is 1.